The van der Waals surface area contributed by atoms with Crippen LogP contribution >= 0.6 is 15.9 Å². The van der Waals surface area contributed by atoms with E-state index in [2.05, 4.69) is 15.9 Å². The fourth-order valence-corrected chi connectivity index (χ4v) is 3.66. The minimum absolute atomic E-state index is 0.0665. The van der Waals surface area contributed by atoms with Crippen LogP contribution < -0.4 is 28.4 Å². The second-order valence-corrected chi connectivity index (χ2v) is 6.10. The summed E-state index contributed by atoms with van der Waals surface area (Å²) in [5.74, 6) is 2.87. The molecule has 2 aromatic carbocycles. The second-order valence-electron chi connectivity index (χ2n) is 5.54. The molecule has 0 atom stereocenters. The summed E-state index contributed by atoms with van der Waals surface area (Å²) in [6, 6.07) is 3.49. The van der Waals surface area contributed by atoms with Gasteiger partial charge < -0.3 is 28.4 Å². The zero-order chi connectivity index (χ0) is 18.3. The number of halogens is 1. The third kappa shape index (κ3) is 2.36. The number of hydrogen-bond acceptors (Lipinski definition) is 7. The minimum atomic E-state index is 0.0665. The van der Waals surface area contributed by atoms with Crippen molar-refractivity contribution < 1.29 is 33.2 Å². The molecule has 0 fully saturated rings. The molecule has 0 aliphatic carbocycles. The highest BCUT2D eigenvalue weighted by molar-refractivity contribution is 9.08. The molecule has 0 saturated carbocycles. The van der Waals surface area contributed by atoms with Crippen molar-refractivity contribution in [2.45, 2.75) is 5.33 Å². The summed E-state index contributed by atoms with van der Waals surface area (Å²) in [4.78, 5) is 11.8. The smallest absolute Gasteiger partial charge is 0.231 e. The molecule has 7 nitrogen and oxygen atoms in total. The molecule has 8 heteroatoms. The van der Waals surface area contributed by atoms with E-state index in [1.807, 2.05) is 6.07 Å². The van der Waals surface area contributed by atoms with Gasteiger partial charge in [0.1, 0.15) is 0 Å². The first-order chi connectivity index (χ1) is 12.7. The molecule has 0 saturated heterocycles. The van der Waals surface area contributed by atoms with E-state index in [0.29, 0.717) is 56.5 Å². The van der Waals surface area contributed by atoms with E-state index in [1.54, 1.807) is 13.2 Å². The number of benzene rings is 2. The molecular weight excluding hydrogens is 408 g/mol. The summed E-state index contributed by atoms with van der Waals surface area (Å²) in [6.07, 6.45) is 0.752. The predicted molar refractivity (Wildman–Crippen MR) is 95.2 cm³/mol. The summed E-state index contributed by atoms with van der Waals surface area (Å²) in [6.45, 7) is 0.173. The van der Waals surface area contributed by atoms with Gasteiger partial charge in [-0.05, 0) is 17.7 Å². The van der Waals surface area contributed by atoms with Gasteiger partial charge in [-0.2, -0.15) is 0 Å². The molecule has 2 aliphatic rings. The third-order valence-corrected chi connectivity index (χ3v) is 4.88. The largest absolute Gasteiger partial charge is 0.492 e. The van der Waals surface area contributed by atoms with Crippen molar-refractivity contribution in [2.75, 3.05) is 27.8 Å². The Morgan fingerprint density at radius 1 is 0.962 bits per heavy atom. The molecule has 26 heavy (non-hydrogen) atoms. The molecular formula is C18H15BrO7. The highest BCUT2D eigenvalue weighted by atomic mass is 79.9. The Balaban J connectivity index is 2.09. The van der Waals surface area contributed by atoms with Gasteiger partial charge in [0.25, 0.3) is 0 Å². The van der Waals surface area contributed by atoms with Crippen molar-refractivity contribution >= 4 is 22.2 Å². The fourth-order valence-electron chi connectivity index (χ4n) is 3.21. The molecule has 0 radical (unpaired) electrons. The molecule has 0 unspecified atom stereocenters. The number of alkyl halides is 1. The molecule has 136 valence electrons. The van der Waals surface area contributed by atoms with E-state index in [4.69, 9.17) is 28.4 Å². The Morgan fingerprint density at radius 3 is 2.08 bits per heavy atom. The molecule has 2 aliphatic heterocycles. The summed E-state index contributed by atoms with van der Waals surface area (Å²) >= 11 is 3.50. The van der Waals surface area contributed by atoms with E-state index in [0.717, 1.165) is 11.8 Å². The first-order valence-electron chi connectivity index (χ1n) is 7.75. The number of carbonyl (C=O) groups excluding carboxylic acids is 1. The number of ether oxygens (including phenoxy) is 6. The summed E-state index contributed by atoms with van der Waals surface area (Å²) in [7, 11) is 3.06. The predicted octanol–water partition coefficient (Wildman–Crippen LogP) is 3.54. The lowest BCUT2D eigenvalue weighted by atomic mass is 9.93. The van der Waals surface area contributed by atoms with Gasteiger partial charge in [-0.3, -0.25) is 4.79 Å². The first kappa shape index (κ1) is 16.8. The lowest BCUT2D eigenvalue weighted by Crippen LogP contribution is -2.01. The van der Waals surface area contributed by atoms with Crippen LogP contribution in [0.25, 0.3) is 11.1 Å². The van der Waals surface area contributed by atoms with Crippen molar-refractivity contribution in [3.8, 4) is 45.6 Å². The number of rotatable bonds is 5. The maximum absolute atomic E-state index is 11.8. The van der Waals surface area contributed by atoms with Gasteiger partial charge in [0, 0.05) is 22.0 Å². The Bertz CT molecular complexity index is 894. The molecule has 2 heterocycles. The normalized spacial score (nSPS) is 13.7. The average Bonchev–Trinajstić information content (AvgIpc) is 3.33. The fraction of sp³-hybridized carbons (Fsp3) is 0.278. The first-order valence-corrected chi connectivity index (χ1v) is 8.87. The number of aldehydes is 1. The molecule has 0 N–H and O–H groups in total. The van der Waals surface area contributed by atoms with Gasteiger partial charge >= 0.3 is 0 Å². The monoisotopic (exact) mass is 422 g/mol. The van der Waals surface area contributed by atoms with E-state index < -0.39 is 0 Å². The minimum Gasteiger partial charge on any atom is -0.492 e. The molecule has 4 rings (SSSR count). The average molecular weight is 423 g/mol. The van der Waals surface area contributed by atoms with Gasteiger partial charge in [0.2, 0.25) is 25.1 Å². The maximum Gasteiger partial charge on any atom is 0.231 e. The molecule has 0 aromatic heterocycles. The Kier molecular flexibility index (Phi) is 4.28. The van der Waals surface area contributed by atoms with Crippen LogP contribution in [0.5, 0.6) is 34.5 Å². The van der Waals surface area contributed by atoms with Crippen molar-refractivity contribution in [2.24, 2.45) is 0 Å². The molecule has 0 bridgehead atoms. The van der Waals surface area contributed by atoms with Crippen molar-refractivity contribution in [1.82, 2.24) is 0 Å². The van der Waals surface area contributed by atoms with Gasteiger partial charge in [0.15, 0.2) is 29.3 Å². The molecule has 0 spiro atoms. The summed E-state index contributed by atoms with van der Waals surface area (Å²) in [5.41, 5.74) is 2.47. The van der Waals surface area contributed by atoms with Crippen LogP contribution in [0.3, 0.4) is 0 Å². The zero-order valence-electron chi connectivity index (χ0n) is 14.1. The number of hydrogen-bond donors (Lipinski definition) is 0. The second kappa shape index (κ2) is 6.60. The number of methoxy groups -OCH3 is 2. The highest BCUT2D eigenvalue weighted by Gasteiger charge is 2.32. The SMILES string of the molecule is COc1c2c(cc(C=O)c1-c1c(CBr)cc3c(c1OC)OCO3)OCO2. The van der Waals surface area contributed by atoms with E-state index >= 15 is 0 Å². The topological polar surface area (TPSA) is 72.5 Å². The van der Waals surface area contributed by atoms with E-state index in [1.165, 1.54) is 7.11 Å². The number of carbonyl (C=O) groups is 1. The standard InChI is InChI=1S/C18H15BrO7/c1-21-17-13(9(5-19)3-11-15(17)25-7-23-11)14-10(6-20)4-12-16(18(14)22-2)26-8-24-12/h3-4,6H,5,7-8H2,1-2H3. The Labute approximate surface area is 157 Å². The van der Waals surface area contributed by atoms with Crippen LogP contribution in [0.15, 0.2) is 12.1 Å². The van der Waals surface area contributed by atoms with Crippen LogP contribution in [0.4, 0.5) is 0 Å². The van der Waals surface area contributed by atoms with Crippen molar-refractivity contribution in [3.63, 3.8) is 0 Å². The summed E-state index contributed by atoms with van der Waals surface area (Å²) < 4.78 is 33.3. The molecule has 2 aromatic rings. The van der Waals surface area contributed by atoms with Crippen LogP contribution in [0.1, 0.15) is 15.9 Å². The quantitative estimate of drug-likeness (QED) is 0.538. The van der Waals surface area contributed by atoms with Gasteiger partial charge in [0.05, 0.1) is 14.2 Å². The maximum atomic E-state index is 11.8. The highest BCUT2D eigenvalue weighted by Crippen LogP contribution is 2.55. The van der Waals surface area contributed by atoms with Gasteiger partial charge in [-0.15, -0.1) is 0 Å². The Morgan fingerprint density at radius 2 is 1.54 bits per heavy atom. The number of fused-ring (bicyclic) bond motifs is 2. The van der Waals surface area contributed by atoms with Crippen LogP contribution in [-0.2, 0) is 5.33 Å². The Hall–Kier alpha value is -2.61. The summed E-state index contributed by atoms with van der Waals surface area (Å²) in [5, 5.41) is 0.505. The lowest BCUT2D eigenvalue weighted by molar-refractivity contribution is 0.112. The third-order valence-electron chi connectivity index (χ3n) is 4.28. The van der Waals surface area contributed by atoms with Crippen molar-refractivity contribution in [1.29, 1.82) is 0 Å². The zero-order valence-corrected chi connectivity index (χ0v) is 15.7. The van der Waals surface area contributed by atoms with E-state index in [-0.39, 0.29) is 13.6 Å². The van der Waals surface area contributed by atoms with Gasteiger partial charge in [-0.1, -0.05) is 15.9 Å². The van der Waals surface area contributed by atoms with Crippen LogP contribution in [0, 0.1) is 0 Å². The van der Waals surface area contributed by atoms with Crippen molar-refractivity contribution in [3.05, 3.63) is 23.3 Å². The van der Waals surface area contributed by atoms with Crippen LogP contribution in [0.2, 0.25) is 0 Å². The molecule has 0 amide bonds. The van der Waals surface area contributed by atoms with E-state index in [9.17, 15) is 4.79 Å². The van der Waals surface area contributed by atoms with Crippen LogP contribution in [-0.4, -0.2) is 34.1 Å². The van der Waals surface area contributed by atoms with Gasteiger partial charge in [-0.25, -0.2) is 0 Å². The lowest BCUT2D eigenvalue weighted by Gasteiger charge is -2.19.